The van der Waals surface area contributed by atoms with Gasteiger partial charge in [0.25, 0.3) is 0 Å². The van der Waals surface area contributed by atoms with E-state index in [0.29, 0.717) is 18.2 Å². The fourth-order valence-electron chi connectivity index (χ4n) is 12.5. The highest BCUT2D eigenvalue weighted by molar-refractivity contribution is 7.26. The highest BCUT2D eigenvalue weighted by Crippen LogP contribution is 2.52. The first kappa shape index (κ1) is 42.8. The van der Waals surface area contributed by atoms with Crippen molar-refractivity contribution < 1.29 is 0 Å². The van der Waals surface area contributed by atoms with Gasteiger partial charge in [0.1, 0.15) is 0 Å². The molecular formula is C70H47N3S. The number of rotatable bonds is 6. The van der Waals surface area contributed by atoms with Crippen LogP contribution in [-0.4, -0.2) is 23.9 Å². The Bertz CT molecular complexity index is 4330. The van der Waals surface area contributed by atoms with Gasteiger partial charge in [-0.15, -0.1) is 11.3 Å². The maximum absolute atomic E-state index is 5.67. The van der Waals surface area contributed by atoms with Crippen LogP contribution in [0.15, 0.2) is 252 Å². The average Bonchev–Trinajstić information content (AvgIpc) is 3.86. The molecule has 2 unspecified atom stereocenters. The summed E-state index contributed by atoms with van der Waals surface area (Å²) < 4.78 is 2.56. The Hall–Kier alpha value is -8.83. The van der Waals surface area contributed by atoms with Crippen LogP contribution in [0.1, 0.15) is 68.3 Å². The number of nitrogens with zero attached hydrogens (tertiary/aromatic N) is 3. The molecule has 1 aromatic heterocycles. The van der Waals surface area contributed by atoms with Crippen LogP contribution in [0.4, 0.5) is 0 Å². The van der Waals surface area contributed by atoms with E-state index in [1.54, 1.807) is 0 Å². The zero-order valence-corrected chi connectivity index (χ0v) is 41.4. The van der Waals surface area contributed by atoms with Gasteiger partial charge in [-0.05, 0) is 125 Å². The number of fused-ring (bicyclic) bond motifs is 11. The van der Waals surface area contributed by atoms with Crippen LogP contribution in [0.5, 0.6) is 0 Å². The van der Waals surface area contributed by atoms with Gasteiger partial charge in [0, 0.05) is 43.1 Å². The van der Waals surface area contributed by atoms with Crippen molar-refractivity contribution in [3.8, 4) is 33.4 Å². The van der Waals surface area contributed by atoms with Gasteiger partial charge >= 0.3 is 0 Å². The second-order valence-corrected chi connectivity index (χ2v) is 21.0. The first-order chi connectivity index (χ1) is 36.7. The number of thiophene rings is 1. The van der Waals surface area contributed by atoms with Crippen molar-refractivity contribution in [1.29, 1.82) is 0 Å². The molecule has 0 spiro atoms. The lowest BCUT2D eigenvalue weighted by Gasteiger charge is -2.23. The summed E-state index contributed by atoms with van der Waals surface area (Å²) in [5.74, 6) is 1.68. The lowest BCUT2D eigenvalue weighted by atomic mass is 9.81. The van der Waals surface area contributed by atoms with Crippen molar-refractivity contribution in [3.63, 3.8) is 0 Å². The van der Waals surface area contributed by atoms with E-state index in [0.717, 1.165) is 46.2 Å². The minimum Gasteiger partial charge on any atom is -0.260 e. The van der Waals surface area contributed by atoms with Gasteiger partial charge in [0.05, 0.1) is 12.3 Å². The molecule has 348 valence electrons. The lowest BCUT2D eigenvalue weighted by molar-refractivity contribution is 0.736. The predicted octanol–water partition coefficient (Wildman–Crippen LogP) is 17.6. The Morgan fingerprint density at radius 1 is 0.419 bits per heavy atom. The van der Waals surface area contributed by atoms with Crippen LogP contribution in [0, 0.1) is 0 Å². The van der Waals surface area contributed by atoms with Crippen LogP contribution in [0.2, 0.25) is 0 Å². The van der Waals surface area contributed by atoms with E-state index in [2.05, 4.69) is 237 Å². The highest BCUT2D eigenvalue weighted by Gasteiger charge is 2.33. The molecule has 1 aliphatic heterocycles. The summed E-state index contributed by atoms with van der Waals surface area (Å²) in [5, 5.41) is 7.44. The standard InChI is InChI=1S/C70H47N3S/c1-3-17-43(18-4-1)44-31-33-46(34-32-44)69-72-62(50-36-38-58-61(41-50)53-25-11-12-26-54(53)64(58)45-19-5-2-6-20-45)42-71-70(73-69)67-56-28-14-13-27-55(56)65(68-66(67)59-29-15-16-30-63(59)74-68)57-37-35-49-39-47-21-7-8-22-48(47)40-60(49)52-24-10-9-23-51(52)57/h1-34,36,38-41,57,64H,35,37,42H2. The third-order valence-electron chi connectivity index (χ3n) is 15.9. The minimum absolute atomic E-state index is 0.149. The van der Waals surface area contributed by atoms with E-state index in [1.165, 1.54) is 97.5 Å². The van der Waals surface area contributed by atoms with Crippen molar-refractivity contribution >= 4 is 70.4 Å². The van der Waals surface area contributed by atoms with Gasteiger partial charge in [-0.2, -0.15) is 0 Å². The molecule has 2 heterocycles. The molecule has 0 amide bonds. The Morgan fingerprint density at radius 3 is 1.84 bits per heavy atom. The predicted molar refractivity (Wildman–Crippen MR) is 312 cm³/mol. The number of amidine groups is 2. The molecule has 11 aromatic carbocycles. The van der Waals surface area contributed by atoms with Crippen LogP contribution in [0.25, 0.3) is 75.1 Å². The molecule has 0 saturated heterocycles. The lowest BCUT2D eigenvalue weighted by Crippen LogP contribution is -2.09. The van der Waals surface area contributed by atoms with Crippen molar-refractivity contribution in [2.75, 3.05) is 6.54 Å². The second kappa shape index (κ2) is 17.4. The van der Waals surface area contributed by atoms with E-state index in [9.17, 15) is 0 Å². The van der Waals surface area contributed by atoms with Gasteiger partial charge in [-0.3, -0.25) is 4.99 Å². The molecule has 2 atom stereocenters. The minimum atomic E-state index is 0.149. The Balaban J connectivity index is 0.932. The number of hydrogen-bond donors (Lipinski definition) is 0. The zero-order chi connectivity index (χ0) is 48.7. The Kier molecular flexibility index (Phi) is 10.1. The van der Waals surface area contributed by atoms with Crippen LogP contribution < -0.4 is 0 Å². The fourth-order valence-corrected chi connectivity index (χ4v) is 13.8. The summed E-state index contributed by atoms with van der Waals surface area (Å²) >= 11 is 1.91. The van der Waals surface area contributed by atoms with Crippen molar-refractivity contribution in [2.45, 2.75) is 24.7 Å². The molecule has 0 N–H and O–H groups in total. The third-order valence-corrected chi connectivity index (χ3v) is 17.1. The summed E-state index contributed by atoms with van der Waals surface area (Å²) in [6, 6.07) is 86.9. The monoisotopic (exact) mass is 961 g/mol. The molecule has 0 bridgehead atoms. The SMILES string of the molecule is c1ccc(-c2ccc(C3=NC(c4c5ccccc5c(C5CCc6cc7ccccc7cc6-c6ccccc65)c5sc6ccccc6c45)=NCC(c4ccc5c(c4)-c4ccccc4C5c4ccccc4)=N3)cc2)cc1. The molecular weight excluding hydrogens is 915 g/mol. The normalized spacial score (nSPS) is 15.9. The molecule has 3 nitrogen and oxygen atoms in total. The average molecular weight is 962 g/mol. The summed E-state index contributed by atoms with van der Waals surface area (Å²) in [5.41, 5.74) is 19.6. The largest absolute Gasteiger partial charge is 0.260 e. The van der Waals surface area contributed by atoms with Crippen LogP contribution in [0.3, 0.4) is 0 Å². The fraction of sp³-hybridized carbons (Fsp3) is 0.0714. The molecule has 0 saturated carbocycles. The van der Waals surface area contributed by atoms with Gasteiger partial charge in [0.2, 0.25) is 0 Å². The smallest absolute Gasteiger partial charge is 0.161 e. The summed E-state index contributed by atoms with van der Waals surface area (Å²) in [7, 11) is 0. The molecule has 3 aliphatic rings. The number of benzene rings is 11. The van der Waals surface area contributed by atoms with Gasteiger partial charge in [0.15, 0.2) is 11.7 Å². The van der Waals surface area contributed by atoms with E-state index in [1.807, 2.05) is 11.3 Å². The molecule has 2 aliphatic carbocycles. The summed E-state index contributed by atoms with van der Waals surface area (Å²) in [4.78, 5) is 16.9. The zero-order valence-electron chi connectivity index (χ0n) is 40.5. The Labute approximate surface area is 434 Å². The van der Waals surface area contributed by atoms with Gasteiger partial charge in [-0.1, -0.05) is 218 Å². The second-order valence-electron chi connectivity index (χ2n) is 20.0. The van der Waals surface area contributed by atoms with E-state index >= 15 is 0 Å². The number of hydrogen-bond acceptors (Lipinski definition) is 4. The number of aliphatic imine (C=N–C) groups is 3. The first-order valence-corrected chi connectivity index (χ1v) is 26.6. The molecule has 0 fully saturated rings. The summed E-state index contributed by atoms with van der Waals surface area (Å²) in [6.07, 6.45) is 1.97. The van der Waals surface area contributed by atoms with Crippen molar-refractivity contribution in [1.82, 2.24) is 0 Å². The first-order valence-electron chi connectivity index (χ1n) is 25.8. The topological polar surface area (TPSA) is 37.1 Å². The van der Waals surface area contributed by atoms with E-state index < -0.39 is 0 Å². The maximum Gasteiger partial charge on any atom is 0.161 e. The van der Waals surface area contributed by atoms with Crippen molar-refractivity contribution in [2.24, 2.45) is 15.0 Å². The number of aryl methyl sites for hydroxylation is 1. The van der Waals surface area contributed by atoms with Gasteiger partial charge < -0.3 is 0 Å². The highest BCUT2D eigenvalue weighted by atomic mass is 32.1. The van der Waals surface area contributed by atoms with E-state index in [4.69, 9.17) is 15.0 Å². The van der Waals surface area contributed by atoms with E-state index in [-0.39, 0.29) is 11.8 Å². The molecule has 12 aromatic rings. The van der Waals surface area contributed by atoms with Gasteiger partial charge in [-0.25, -0.2) is 9.98 Å². The molecule has 0 radical (unpaired) electrons. The van der Waals surface area contributed by atoms with Crippen LogP contribution >= 0.6 is 11.3 Å². The van der Waals surface area contributed by atoms with Crippen LogP contribution in [-0.2, 0) is 6.42 Å². The molecule has 4 heteroatoms. The Morgan fingerprint density at radius 2 is 1.03 bits per heavy atom. The molecule has 74 heavy (non-hydrogen) atoms. The van der Waals surface area contributed by atoms with Crippen molar-refractivity contribution in [3.05, 3.63) is 287 Å². The maximum atomic E-state index is 5.67. The summed E-state index contributed by atoms with van der Waals surface area (Å²) in [6.45, 7) is 0.370. The third kappa shape index (κ3) is 6.97. The molecule has 15 rings (SSSR count). The quantitative estimate of drug-likeness (QED) is 0.159.